The zero-order valence-electron chi connectivity index (χ0n) is 16.5. The number of hydrogen-bond acceptors (Lipinski definition) is 4. The summed E-state index contributed by atoms with van der Waals surface area (Å²) in [5, 5.41) is 23.0. The van der Waals surface area contributed by atoms with Crippen LogP contribution >= 0.6 is 0 Å². The molecule has 0 saturated carbocycles. The van der Waals surface area contributed by atoms with Crippen molar-refractivity contribution < 1.29 is 15.0 Å². The molecular formula is C21H31N3O3. The van der Waals surface area contributed by atoms with Crippen molar-refractivity contribution in [3.05, 3.63) is 29.5 Å². The van der Waals surface area contributed by atoms with Gasteiger partial charge in [-0.2, -0.15) is 0 Å². The Morgan fingerprint density at radius 3 is 2.70 bits per heavy atom. The quantitative estimate of drug-likeness (QED) is 0.583. The number of carbonyl (C=O) groups is 1. The number of nitrogens with one attached hydrogen (secondary N) is 2. The highest BCUT2D eigenvalue weighted by atomic mass is 16.3. The molecule has 2 atom stereocenters. The normalized spacial score (nSPS) is 20.5. The summed E-state index contributed by atoms with van der Waals surface area (Å²) in [5.74, 6) is 0.0926. The number of carbonyl (C=O) groups excluding carboxylic acids is 1. The molecule has 27 heavy (non-hydrogen) atoms. The average molecular weight is 373 g/mol. The summed E-state index contributed by atoms with van der Waals surface area (Å²) in [5.41, 5.74) is 4.47. The third-order valence-corrected chi connectivity index (χ3v) is 5.57. The van der Waals surface area contributed by atoms with E-state index in [4.69, 9.17) is 5.11 Å². The molecule has 3 rings (SSSR count). The molecule has 148 valence electrons. The maximum Gasteiger partial charge on any atom is 0.243 e. The van der Waals surface area contributed by atoms with Crippen molar-refractivity contribution in [3.63, 3.8) is 0 Å². The van der Waals surface area contributed by atoms with Crippen LogP contribution in [-0.2, 0) is 17.6 Å². The van der Waals surface area contributed by atoms with Gasteiger partial charge in [0.25, 0.3) is 0 Å². The lowest BCUT2D eigenvalue weighted by Crippen LogP contribution is -2.52. The van der Waals surface area contributed by atoms with E-state index in [2.05, 4.69) is 27.3 Å². The van der Waals surface area contributed by atoms with Gasteiger partial charge in [-0.3, -0.25) is 4.79 Å². The number of H-pyrrole nitrogens is 1. The third-order valence-electron chi connectivity index (χ3n) is 5.57. The summed E-state index contributed by atoms with van der Waals surface area (Å²) in [6.45, 7) is 4.22. The van der Waals surface area contributed by atoms with Crippen molar-refractivity contribution in [1.82, 2.24) is 10.3 Å². The lowest BCUT2D eigenvalue weighted by molar-refractivity contribution is -0.124. The Morgan fingerprint density at radius 1 is 1.26 bits per heavy atom. The lowest BCUT2D eigenvalue weighted by atomic mass is 9.98. The highest BCUT2D eigenvalue weighted by Gasteiger charge is 2.32. The highest BCUT2D eigenvalue weighted by Crippen LogP contribution is 2.35. The molecule has 1 aliphatic heterocycles. The Balaban J connectivity index is 2.12. The van der Waals surface area contributed by atoms with Crippen LogP contribution < -0.4 is 10.2 Å². The first-order chi connectivity index (χ1) is 13.0. The van der Waals surface area contributed by atoms with E-state index in [1.54, 1.807) is 0 Å². The van der Waals surface area contributed by atoms with Gasteiger partial charge in [0.2, 0.25) is 5.91 Å². The van der Waals surface area contributed by atoms with Gasteiger partial charge < -0.3 is 25.4 Å². The van der Waals surface area contributed by atoms with Crippen LogP contribution in [-0.4, -0.2) is 53.4 Å². The first-order valence-corrected chi connectivity index (χ1v) is 9.84. The van der Waals surface area contributed by atoms with Crippen LogP contribution in [0.25, 0.3) is 10.9 Å². The second-order valence-corrected chi connectivity index (χ2v) is 7.88. The molecule has 0 radical (unpaired) electrons. The molecule has 2 aromatic rings. The van der Waals surface area contributed by atoms with E-state index in [0.717, 1.165) is 41.4 Å². The number of benzene rings is 1. The second kappa shape index (κ2) is 8.31. The Bertz CT molecular complexity index is 799. The SMILES string of the molecule is CC(C)[C@H]1C(=O)N[C@H](CO)Cc2c[nH]c3c(CCCCO)ccc(c23)N1C. The Morgan fingerprint density at radius 2 is 2.04 bits per heavy atom. The fraction of sp³-hybridized carbons (Fsp3) is 0.571. The number of aliphatic hydroxyl groups excluding tert-OH is 2. The number of aryl methyl sites for hydroxylation is 1. The fourth-order valence-electron chi connectivity index (χ4n) is 4.24. The number of amides is 1. The van der Waals surface area contributed by atoms with Gasteiger partial charge in [-0.1, -0.05) is 19.9 Å². The van der Waals surface area contributed by atoms with E-state index in [1.807, 2.05) is 27.1 Å². The third kappa shape index (κ3) is 3.82. The molecule has 0 saturated heterocycles. The second-order valence-electron chi connectivity index (χ2n) is 7.88. The van der Waals surface area contributed by atoms with Gasteiger partial charge in [0, 0.05) is 30.9 Å². The van der Waals surface area contributed by atoms with Crippen LogP contribution in [0.2, 0.25) is 0 Å². The number of nitrogens with zero attached hydrogens (tertiary/aromatic N) is 1. The van der Waals surface area contributed by atoms with Gasteiger partial charge in [0.05, 0.1) is 18.2 Å². The van der Waals surface area contributed by atoms with Crippen LogP contribution in [0.3, 0.4) is 0 Å². The number of aromatic nitrogens is 1. The van der Waals surface area contributed by atoms with Crippen molar-refractivity contribution in [3.8, 4) is 0 Å². The number of hydrogen-bond donors (Lipinski definition) is 4. The van der Waals surface area contributed by atoms with Gasteiger partial charge in [-0.15, -0.1) is 0 Å². The largest absolute Gasteiger partial charge is 0.396 e. The summed E-state index contributed by atoms with van der Waals surface area (Å²) in [6, 6.07) is 3.64. The number of aromatic amines is 1. The van der Waals surface area contributed by atoms with Crippen LogP contribution in [0.1, 0.15) is 37.8 Å². The van der Waals surface area contributed by atoms with Crippen molar-refractivity contribution in [2.75, 3.05) is 25.2 Å². The molecular weight excluding hydrogens is 342 g/mol. The number of aliphatic hydroxyl groups is 2. The summed E-state index contributed by atoms with van der Waals surface area (Å²) in [6.07, 6.45) is 5.21. The Labute approximate surface area is 160 Å². The van der Waals surface area contributed by atoms with E-state index in [9.17, 15) is 9.90 Å². The minimum atomic E-state index is -0.302. The molecule has 1 aromatic heterocycles. The highest BCUT2D eigenvalue weighted by molar-refractivity contribution is 5.99. The zero-order chi connectivity index (χ0) is 19.6. The minimum absolute atomic E-state index is 0.0409. The van der Waals surface area contributed by atoms with Gasteiger partial charge in [-0.05, 0) is 48.8 Å². The zero-order valence-corrected chi connectivity index (χ0v) is 16.5. The average Bonchev–Trinajstić information content (AvgIpc) is 3.05. The topological polar surface area (TPSA) is 88.6 Å². The van der Waals surface area contributed by atoms with Crippen molar-refractivity contribution in [1.29, 1.82) is 0 Å². The van der Waals surface area contributed by atoms with Gasteiger partial charge in [0.1, 0.15) is 6.04 Å². The van der Waals surface area contributed by atoms with E-state index in [-0.39, 0.29) is 37.1 Å². The van der Waals surface area contributed by atoms with E-state index in [1.165, 1.54) is 5.56 Å². The molecule has 0 aliphatic carbocycles. The predicted octanol–water partition coefficient (Wildman–Crippen LogP) is 1.98. The molecule has 2 heterocycles. The molecule has 0 bridgehead atoms. The number of rotatable bonds is 6. The van der Waals surface area contributed by atoms with Crippen LogP contribution in [0.4, 0.5) is 5.69 Å². The van der Waals surface area contributed by atoms with Crippen LogP contribution in [0.15, 0.2) is 18.3 Å². The summed E-state index contributed by atoms with van der Waals surface area (Å²) in [4.78, 5) is 18.4. The summed E-state index contributed by atoms with van der Waals surface area (Å²) < 4.78 is 0. The smallest absolute Gasteiger partial charge is 0.243 e. The Kier molecular flexibility index (Phi) is 6.07. The van der Waals surface area contributed by atoms with Crippen molar-refractivity contribution >= 4 is 22.5 Å². The minimum Gasteiger partial charge on any atom is -0.396 e. The number of likely N-dealkylation sites (N-methyl/N-ethyl adjacent to an activating group) is 1. The van der Waals surface area contributed by atoms with Crippen LogP contribution in [0, 0.1) is 5.92 Å². The maximum absolute atomic E-state index is 12.9. The van der Waals surface area contributed by atoms with Crippen molar-refractivity contribution in [2.45, 2.75) is 51.6 Å². The van der Waals surface area contributed by atoms with E-state index in [0.29, 0.717) is 6.42 Å². The summed E-state index contributed by atoms with van der Waals surface area (Å²) >= 11 is 0. The van der Waals surface area contributed by atoms with E-state index >= 15 is 0 Å². The molecule has 1 aromatic carbocycles. The predicted molar refractivity (Wildman–Crippen MR) is 108 cm³/mol. The number of anilines is 1. The van der Waals surface area contributed by atoms with Gasteiger partial charge >= 0.3 is 0 Å². The molecule has 0 unspecified atom stereocenters. The number of unbranched alkanes of at least 4 members (excludes halogenated alkanes) is 1. The summed E-state index contributed by atoms with van der Waals surface area (Å²) in [7, 11) is 1.97. The first kappa shape index (κ1) is 19.7. The molecule has 6 heteroatoms. The molecule has 0 fully saturated rings. The standard InChI is InChI=1S/C21H31N3O3/c1-13(2)20-21(27)23-16(12-26)10-15-11-22-19-14(6-4-5-9-25)7-8-17(18(15)19)24(20)3/h7-8,11,13,16,20,22,25-26H,4-6,9-10,12H2,1-3H3,(H,23,27)/t16-,20-/m0/s1. The van der Waals surface area contributed by atoms with Crippen molar-refractivity contribution in [2.24, 2.45) is 5.92 Å². The van der Waals surface area contributed by atoms with E-state index < -0.39 is 0 Å². The molecule has 0 spiro atoms. The molecule has 4 N–H and O–H groups in total. The van der Waals surface area contributed by atoms with Crippen LogP contribution in [0.5, 0.6) is 0 Å². The monoisotopic (exact) mass is 373 g/mol. The van der Waals surface area contributed by atoms with Gasteiger partial charge in [-0.25, -0.2) is 0 Å². The van der Waals surface area contributed by atoms with Gasteiger partial charge in [0.15, 0.2) is 0 Å². The Hall–Kier alpha value is -2.05. The maximum atomic E-state index is 12.9. The molecule has 1 aliphatic rings. The molecule has 1 amide bonds. The molecule has 6 nitrogen and oxygen atoms in total. The lowest BCUT2D eigenvalue weighted by Gasteiger charge is -2.32. The first-order valence-electron chi connectivity index (χ1n) is 9.84. The fourth-order valence-corrected chi connectivity index (χ4v) is 4.24.